The smallest absolute Gasteiger partial charge is 0.212 e. The highest BCUT2D eigenvalue weighted by Crippen LogP contribution is 2.39. The summed E-state index contributed by atoms with van der Waals surface area (Å²) < 4.78 is 39.4. The molecule has 5 nitrogen and oxygen atoms in total. The zero-order chi connectivity index (χ0) is 13.5. The summed E-state index contributed by atoms with van der Waals surface area (Å²) in [4.78, 5) is 0. The molecule has 0 atom stereocenters. The van der Waals surface area contributed by atoms with Gasteiger partial charge in [0.2, 0.25) is 10.0 Å². The van der Waals surface area contributed by atoms with Gasteiger partial charge in [-0.3, -0.25) is 0 Å². The fourth-order valence-corrected chi connectivity index (χ4v) is 3.85. The molecular formula is C12H14FN3O2S. The average Bonchev–Trinajstić information content (AvgIpc) is 3.12. The molecule has 2 aliphatic rings. The van der Waals surface area contributed by atoms with Crippen molar-refractivity contribution in [3.63, 3.8) is 0 Å². The second kappa shape index (κ2) is 4.35. The summed E-state index contributed by atoms with van der Waals surface area (Å²) in [6.45, 7) is 0.813. The summed E-state index contributed by atoms with van der Waals surface area (Å²) in [5, 5.41) is 7.90. The summed E-state index contributed by atoms with van der Waals surface area (Å²) in [5.41, 5.74) is -0.0899. The van der Waals surface area contributed by atoms with Gasteiger partial charge in [0.05, 0.1) is 5.75 Å². The minimum absolute atomic E-state index is 0.212. The molecule has 3 rings (SSSR count). The normalized spacial score (nSPS) is 21.7. The van der Waals surface area contributed by atoms with Gasteiger partial charge >= 0.3 is 0 Å². The van der Waals surface area contributed by atoms with E-state index in [9.17, 15) is 12.8 Å². The summed E-state index contributed by atoms with van der Waals surface area (Å²) in [6, 6.07) is 5.97. The van der Waals surface area contributed by atoms with Crippen LogP contribution in [0.4, 0.5) is 4.39 Å². The lowest BCUT2D eigenvalue weighted by Crippen LogP contribution is -2.41. The molecule has 0 aliphatic carbocycles. The molecule has 1 aromatic rings. The zero-order valence-electron chi connectivity index (χ0n) is 10.3. The summed E-state index contributed by atoms with van der Waals surface area (Å²) in [7, 11) is -3.47. The third-order valence-corrected chi connectivity index (χ3v) is 5.42. The van der Waals surface area contributed by atoms with Crippen molar-refractivity contribution in [1.82, 2.24) is 4.31 Å². The van der Waals surface area contributed by atoms with Crippen LogP contribution in [0.1, 0.15) is 18.4 Å². The van der Waals surface area contributed by atoms with Crippen LogP contribution in [-0.2, 0) is 15.8 Å². The number of rotatable bonds is 3. The highest BCUT2D eigenvalue weighted by atomic mass is 32.2. The topological polar surface area (TPSA) is 62.1 Å². The van der Waals surface area contributed by atoms with E-state index in [1.54, 1.807) is 12.1 Å². The van der Waals surface area contributed by atoms with E-state index in [2.05, 4.69) is 10.2 Å². The van der Waals surface area contributed by atoms with Crippen molar-refractivity contribution in [2.75, 3.05) is 13.1 Å². The van der Waals surface area contributed by atoms with Gasteiger partial charge in [-0.15, -0.1) is 0 Å². The monoisotopic (exact) mass is 283 g/mol. The van der Waals surface area contributed by atoms with E-state index >= 15 is 0 Å². The molecule has 1 spiro atoms. The summed E-state index contributed by atoms with van der Waals surface area (Å²) >= 11 is 0. The first-order chi connectivity index (χ1) is 9.01. The third kappa shape index (κ3) is 2.52. The van der Waals surface area contributed by atoms with Gasteiger partial charge in [0.1, 0.15) is 5.82 Å². The van der Waals surface area contributed by atoms with Gasteiger partial charge in [0, 0.05) is 31.5 Å². The minimum atomic E-state index is -3.47. The Balaban J connectivity index is 1.71. The second-order valence-corrected chi connectivity index (χ2v) is 6.90. The molecule has 0 N–H and O–H groups in total. The fourth-order valence-electron chi connectivity index (χ4n) is 2.30. The van der Waals surface area contributed by atoms with Crippen LogP contribution in [0, 0.1) is 5.82 Å². The van der Waals surface area contributed by atoms with Crippen LogP contribution in [0.25, 0.3) is 0 Å². The maximum Gasteiger partial charge on any atom is 0.218 e. The number of hydrogen-bond donors (Lipinski definition) is 0. The SMILES string of the molecule is O=S(=O)(Cc1ccccc1F)N1CCC2(CC1)N=N2. The number of benzene rings is 1. The molecule has 1 aromatic carbocycles. The molecule has 0 radical (unpaired) electrons. The lowest BCUT2D eigenvalue weighted by molar-refractivity contribution is 0.295. The van der Waals surface area contributed by atoms with Crippen LogP contribution >= 0.6 is 0 Å². The van der Waals surface area contributed by atoms with E-state index in [1.807, 2.05) is 0 Å². The van der Waals surface area contributed by atoms with E-state index in [0.29, 0.717) is 25.9 Å². The van der Waals surface area contributed by atoms with E-state index < -0.39 is 15.8 Å². The number of halogens is 1. The predicted molar refractivity (Wildman–Crippen MR) is 67.4 cm³/mol. The average molecular weight is 283 g/mol. The first-order valence-corrected chi connectivity index (χ1v) is 7.77. The van der Waals surface area contributed by atoms with Crippen LogP contribution in [0.5, 0.6) is 0 Å². The van der Waals surface area contributed by atoms with Crippen LogP contribution in [0.2, 0.25) is 0 Å². The fraction of sp³-hybridized carbons (Fsp3) is 0.500. The highest BCUT2D eigenvalue weighted by Gasteiger charge is 2.45. The van der Waals surface area contributed by atoms with Crippen molar-refractivity contribution in [3.8, 4) is 0 Å². The van der Waals surface area contributed by atoms with Crippen molar-refractivity contribution in [1.29, 1.82) is 0 Å². The quantitative estimate of drug-likeness (QED) is 0.850. The Morgan fingerprint density at radius 3 is 2.42 bits per heavy atom. The van der Waals surface area contributed by atoms with E-state index in [0.717, 1.165) is 0 Å². The number of hydrogen-bond acceptors (Lipinski definition) is 4. The molecule has 1 saturated heterocycles. The van der Waals surface area contributed by atoms with Crippen molar-refractivity contribution < 1.29 is 12.8 Å². The largest absolute Gasteiger partial charge is 0.218 e. The maximum atomic E-state index is 13.5. The molecule has 0 aromatic heterocycles. The molecular weight excluding hydrogens is 269 g/mol. The summed E-state index contributed by atoms with van der Waals surface area (Å²) in [5.74, 6) is -0.771. The standard InChI is InChI=1S/C12H14FN3O2S/c13-11-4-2-1-3-10(11)9-19(17,18)16-7-5-12(6-8-16)14-15-12/h1-4H,5-9H2. The van der Waals surface area contributed by atoms with E-state index in [1.165, 1.54) is 16.4 Å². The Morgan fingerprint density at radius 2 is 1.84 bits per heavy atom. The maximum absolute atomic E-state index is 13.5. The molecule has 7 heteroatoms. The zero-order valence-corrected chi connectivity index (χ0v) is 11.1. The van der Waals surface area contributed by atoms with Gasteiger partial charge in [-0.05, 0) is 6.07 Å². The van der Waals surface area contributed by atoms with Crippen molar-refractivity contribution in [3.05, 3.63) is 35.6 Å². The molecule has 0 saturated carbocycles. The van der Waals surface area contributed by atoms with Crippen molar-refractivity contribution in [2.45, 2.75) is 24.3 Å². The van der Waals surface area contributed by atoms with Crippen LogP contribution < -0.4 is 0 Å². The molecule has 0 bridgehead atoms. The van der Waals surface area contributed by atoms with Crippen LogP contribution in [0.15, 0.2) is 34.5 Å². The van der Waals surface area contributed by atoms with Crippen molar-refractivity contribution in [2.24, 2.45) is 10.2 Å². The second-order valence-electron chi connectivity index (χ2n) is 4.93. The van der Waals surface area contributed by atoms with E-state index in [-0.39, 0.29) is 17.0 Å². The van der Waals surface area contributed by atoms with E-state index in [4.69, 9.17) is 0 Å². The Morgan fingerprint density at radius 1 is 1.21 bits per heavy atom. The number of nitrogens with zero attached hydrogens (tertiary/aromatic N) is 3. The third-order valence-electron chi connectivity index (χ3n) is 3.60. The minimum Gasteiger partial charge on any atom is -0.212 e. The first-order valence-electron chi connectivity index (χ1n) is 6.16. The highest BCUT2D eigenvalue weighted by molar-refractivity contribution is 7.88. The Kier molecular flexibility index (Phi) is 2.90. The number of piperidine rings is 1. The molecule has 19 heavy (non-hydrogen) atoms. The molecule has 102 valence electrons. The molecule has 2 aliphatic heterocycles. The molecule has 1 fully saturated rings. The van der Waals surface area contributed by atoms with Gasteiger partial charge in [0.25, 0.3) is 0 Å². The van der Waals surface area contributed by atoms with Gasteiger partial charge in [-0.1, -0.05) is 18.2 Å². The van der Waals surface area contributed by atoms with Crippen LogP contribution in [0.3, 0.4) is 0 Å². The van der Waals surface area contributed by atoms with Gasteiger partial charge in [-0.25, -0.2) is 17.1 Å². The van der Waals surface area contributed by atoms with Gasteiger partial charge in [-0.2, -0.15) is 10.2 Å². The Labute approximate surface area is 111 Å². The lowest BCUT2D eigenvalue weighted by Gasteiger charge is -2.28. The molecule has 2 heterocycles. The molecule has 0 amide bonds. The first kappa shape index (κ1) is 12.7. The van der Waals surface area contributed by atoms with Gasteiger partial charge in [0.15, 0.2) is 5.66 Å². The lowest BCUT2D eigenvalue weighted by atomic mass is 10.0. The predicted octanol–water partition coefficient (Wildman–Crippen LogP) is 1.91. The Hall–Kier alpha value is -1.34. The van der Waals surface area contributed by atoms with Crippen molar-refractivity contribution >= 4 is 10.0 Å². The molecule has 0 unspecified atom stereocenters. The number of sulfonamides is 1. The van der Waals surface area contributed by atoms with Crippen LogP contribution in [-0.4, -0.2) is 31.5 Å². The van der Waals surface area contributed by atoms with Gasteiger partial charge < -0.3 is 0 Å². The summed E-state index contributed by atoms with van der Waals surface area (Å²) in [6.07, 6.45) is 1.26. The Bertz CT molecular complexity index is 614.